The van der Waals surface area contributed by atoms with E-state index in [1.165, 1.54) is 34.0 Å². The predicted octanol–water partition coefficient (Wildman–Crippen LogP) is 4.87. The molecule has 1 aromatic carbocycles. The van der Waals surface area contributed by atoms with Gasteiger partial charge < -0.3 is 4.90 Å². The first-order valence-corrected chi connectivity index (χ1v) is 11.1. The van der Waals surface area contributed by atoms with E-state index >= 15 is 0 Å². The molecular formula is C21H28N2OS2. The summed E-state index contributed by atoms with van der Waals surface area (Å²) in [4.78, 5) is 17.3. The summed E-state index contributed by atoms with van der Waals surface area (Å²) in [6, 6.07) is 10.6. The summed E-state index contributed by atoms with van der Waals surface area (Å²) in [5.41, 5.74) is 4.20. The van der Waals surface area contributed by atoms with Crippen LogP contribution in [0.5, 0.6) is 0 Å². The summed E-state index contributed by atoms with van der Waals surface area (Å²) >= 11 is 3.50. The molecule has 0 bridgehead atoms. The number of hydrogen-bond donors (Lipinski definition) is 0. The highest BCUT2D eigenvalue weighted by Crippen LogP contribution is 2.28. The van der Waals surface area contributed by atoms with Crippen molar-refractivity contribution in [3.05, 3.63) is 46.3 Å². The van der Waals surface area contributed by atoms with Crippen LogP contribution in [0.15, 0.2) is 34.5 Å². The smallest absolute Gasteiger partial charge is 0.169 e. The summed E-state index contributed by atoms with van der Waals surface area (Å²) in [5.74, 6) is 1.29. The van der Waals surface area contributed by atoms with Crippen LogP contribution in [0.4, 0.5) is 5.69 Å². The van der Waals surface area contributed by atoms with E-state index in [0.717, 1.165) is 36.8 Å². The molecule has 2 heterocycles. The van der Waals surface area contributed by atoms with Gasteiger partial charge in [0.15, 0.2) is 5.78 Å². The molecule has 26 heavy (non-hydrogen) atoms. The van der Waals surface area contributed by atoms with Crippen molar-refractivity contribution in [1.82, 2.24) is 4.90 Å². The Hall–Kier alpha value is -1.30. The number of aryl methyl sites for hydroxylation is 1. The van der Waals surface area contributed by atoms with Crippen LogP contribution in [0.3, 0.4) is 0 Å². The Morgan fingerprint density at radius 3 is 2.58 bits per heavy atom. The Morgan fingerprint density at radius 2 is 1.88 bits per heavy atom. The summed E-state index contributed by atoms with van der Waals surface area (Å²) in [7, 11) is 0. The first-order valence-electron chi connectivity index (χ1n) is 9.31. The van der Waals surface area contributed by atoms with Crippen molar-refractivity contribution < 1.29 is 4.79 Å². The molecule has 1 saturated heterocycles. The van der Waals surface area contributed by atoms with Crippen molar-refractivity contribution >= 4 is 34.6 Å². The van der Waals surface area contributed by atoms with Gasteiger partial charge in [-0.2, -0.15) is 0 Å². The van der Waals surface area contributed by atoms with Crippen molar-refractivity contribution in [2.45, 2.75) is 31.4 Å². The largest absolute Gasteiger partial charge is 0.369 e. The van der Waals surface area contributed by atoms with E-state index in [-0.39, 0.29) is 5.78 Å². The van der Waals surface area contributed by atoms with Crippen LogP contribution in [0.2, 0.25) is 0 Å². The number of rotatable bonds is 7. The Kier molecular flexibility index (Phi) is 6.79. The molecule has 1 aliphatic heterocycles. The zero-order valence-electron chi connectivity index (χ0n) is 16.0. The second-order valence-corrected chi connectivity index (χ2v) is 9.40. The van der Waals surface area contributed by atoms with Gasteiger partial charge >= 0.3 is 0 Å². The van der Waals surface area contributed by atoms with Crippen molar-refractivity contribution in [3.63, 3.8) is 0 Å². The number of thiophene rings is 1. The highest BCUT2D eigenvalue weighted by molar-refractivity contribution is 8.01. The Balaban J connectivity index is 1.39. The number of nitrogens with zero attached hydrogens (tertiary/aromatic N) is 2. The third-order valence-electron chi connectivity index (χ3n) is 5.08. The van der Waals surface area contributed by atoms with Gasteiger partial charge in [0, 0.05) is 37.6 Å². The number of Topliss-reactive ketones (excluding diaryl/α,β-unsaturated/α-hetero) is 1. The number of hydrogen-bond acceptors (Lipinski definition) is 5. The van der Waals surface area contributed by atoms with Crippen molar-refractivity contribution in [1.29, 1.82) is 0 Å². The average molecular weight is 389 g/mol. The third kappa shape index (κ3) is 4.90. The van der Waals surface area contributed by atoms with Crippen LogP contribution in [-0.2, 0) is 0 Å². The molecule has 0 radical (unpaired) electrons. The number of carbonyl (C=O) groups excluding carboxylic acids is 1. The SMILES string of the molecule is CC(=O)c1ccc(SCCCN2CCN(c3cccc(C)c3C)CC2)s1. The fourth-order valence-electron chi connectivity index (χ4n) is 3.34. The average Bonchev–Trinajstić information content (AvgIpc) is 3.11. The molecule has 0 N–H and O–H groups in total. The number of carbonyl (C=O) groups is 1. The highest BCUT2D eigenvalue weighted by atomic mass is 32.2. The second kappa shape index (κ2) is 9.07. The fourth-order valence-corrected chi connectivity index (χ4v) is 5.36. The topological polar surface area (TPSA) is 23.6 Å². The first kappa shape index (κ1) is 19.5. The van der Waals surface area contributed by atoms with Gasteiger partial charge in [-0.25, -0.2) is 0 Å². The standard InChI is InChI=1S/C21H28N2OS2/c1-16-6-4-7-19(17(16)2)23-13-11-22(12-14-23)10-5-15-25-21-9-8-20(26-21)18(3)24/h4,6-9H,5,10-15H2,1-3H3. The number of thioether (sulfide) groups is 1. The summed E-state index contributed by atoms with van der Waals surface area (Å²) in [6.07, 6.45) is 1.20. The molecule has 1 aliphatic rings. The Morgan fingerprint density at radius 1 is 1.12 bits per heavy atom. The number of piperazine rings is 1. The van der Waals surface area contributed by atoms with E-state index in [0.29, 0.717) is 0 Å². The fraction of sp³-hybridized carbons (Fsp3) is 0.476. The molecule has 3 rings (SSSR count). The number of benzene rings is 1. The van der Waals surface area contributed by atoms with Crippen LogP contribution in [-0.4, -0.2) is 49.2 Å². The van der Waals surface area contributed by atoms with Crippen LogP contribution in [0.1, 0.15) is 34.1 Å². The summed E-state index contributed by atoms with van der Waals surface area (Å²) in [6.45, 7) is 11.7. The monoisotopic (exact) mass is 388 g/mol. The van der Waals surface area contributed by atoms with Gasteiger partial charge in [0.1, 0.15) is 0 Å². The van der Waals surface area contributed by atoms with E-state index in [1.54, 1.807) is 18.3 Å². The van der Waals surface area contributed by atoms with Crippen molar-refractivity contribution in [2.75, 3.05) is 43.4 Å². The van der Waals surface area contributed by atoms with Crippen molar-refractivity contribution in [2.24, 2.45) is 0 Å². The highest BCUT2D eigenvalue weighted by Gasteiger charge is 2.18. The molecule has 0 amide bonds. The molecule has 0 spiro atoms. The van der Waals surface area contributed by atoms with Crippen LogP contribution >= 0.6 is 23.1 Å². The zero-order chi connectivity index (χ0) is 18.5. The van der Waals surface area contributed by atoms with E-state index in [4.69, 9.17) is 0 Å². The lowest BCUT2D eigenvalue weighted by molar-refractivity contribution is 0.102. The maximum absolute atomic E-state index is 11.4. The molecule has 3 nitrogen and oxygen atoms in total. The third-order valence-corrected chi connectivity index (χ3v) is 7.58. The van der Waals surface area contributed by atoms with Gasteiger partial charge in [-0.1, -0.05) is 12.1 Å². The van der Waals surface area contributed by atoms with Crippen LogP contribution in [0.25, 0.3) is 0 Å². The van der Waals surface area contributed by atoms with Crippen molar-refractivity contribution in [3.8, 4) is 0 Å². The van der Waals surface area contributed by atoms with Gasteiger partial charge in [-0.3, -0.25) is 9.69 Å². The van der Waals surface area contributed by atoms with Crippen LogP contribution < -0.4 is 4.90 Å². The predicted molar refractivity (Wildman–Crippen MR) is 114 cm³/mol. The molecule has 140 valence electrons. The molecule has 0 saturated carbocycles. The minimum Gasteiger partial charge on any atom is -0.369 e. The summed E-state index contributed by atoms with van der Waals surface area (Å²) in [5, 5.41) is 0. The van der Waals surface area contributed by atoms with Gasteiger partial charge in [0.05, 0.1) is 9.09 Å². The molecule has 1 fully saturated rings. The second-order valence-electron chi connectivity index (χ2n) is 6.92. The van der Waals surface area contributed by atoms with E-state index in [9.17, 15) is 4.79 Å². The van der Waals surface area contributed by atoms with E-state index in [2.05, 4.69) is 47.9 Å². The first-order chi connectivity index (χ1) is 12.5. The maximum Gasteiger partial charge on any atom is 0.169 e. The van der Waals surface area contributed by atoms with E-state index in [1.807, 2.05) is 17.8 Å². The lowest BCUT2D eigenvalue weighted by Crippen LogP contribution is -2.47. The molecule has 0 unspecified atom stereocenters. The molecule has 1 aromatic heterocycles. The molecular weight excluding hydrogens is 360 g/mol. The zero-order valence-corrected chi connectivity index (χ0v) is 17.6. The molecule has 0 atom stereocenters. The van der Waals surface area contributed by atoms with Crippen LogP contribution in [0, 0.1) is 13.8 Å². The lowest BCUT2D eigenvalue weighted by atomic mass is 10.1. The minimum atomic E-state index is 0.170. The number of ketones is 1. The number of anilines is 1. The molecule has 2 aromatic rings. The normalized spacial score (nSPS) is 15.4. The van der Waals surface area contributed by atoms with Gasteiger partial charge in [0.2, 0.25) is 0 Å². The lowest BCUT2D eigenvalue weighted by Gasteiger charge is -2.37. The Labute approximate surface area is 165 Å². The summed E-state index contributed by atoms with van der Waals surface area (Å²) < 4.78 is 1.26. The molecule has 0 aliphatic carbocycles. The molecule has 5 heteroatoms. The van der Waals surface area contributed by atoms with E-state index < -0.39 is 0 Å². The van der Waals surface area contributed by atoms with Gasteiger partial charge in [-0.05, 0) is 63.1 Å². The quantitative estimate of drug-likeness (QED) is 0.383. The Bertz CT molecular complexity index is 748. The van der Waals surface area contributed by atoms with Gasteiger partial charge in [-0.15, -0.1) is 23.1 Å². The maximum atomic E-state index is 11.4. The minimum absolute atomic E-state index is 0.170. The van der Waals surface area contributed by atoms with Gasteiger partial charge in [0.25, 0.3) is 0 Å².